The molecule has 128 valence electrons. The number of hydrogen-bond acceptors (Lipinski definition) is 1. The maximum atomic E-state index is 12.9. The first-order valence-corrected chi connectivity index (χ1v) is 8.31. The van der Waals surface area contributed by atoms with Crippen molar-refractivity contribution in [2.45, 2.75) is 43.3 Å². The van der Waals surface area contributed by atoms with Crippen molar-refractivity contribution in [2.24, 2.45) is 5.92 Å². The van der Waals surface area contributed by atoms with Crippen LogP contribution in [0.25, 0.3) is 5.32 Å². The first kappa shape index (κ1) is 16.8. The van der Waals surface area contributed by atoms with Gasteiger partial charge in [-0.3, -0.25) is 0 Å². The van der Waals surface area contributed by atoms with Gasteiger partial charge < -0.3 is 10.2 Å². The molecule has 1 aliphatic heterocycles. The van der Waals surface area contributed by atoms with Gasteiger partial charge in [0.05, 0.1) is 5.56 Å². The first-order chi connectivity index (χ1) is 10.8. The zero-order valence-corrected chi connectivity index (χ0v) is 13.7. The van der Waals surface area contributed by atoms with Crippen molar-refractivity contribution in [3.63, 3.8) is 0 Å². The number of hydrogen-bond donors (Lipinski definition) is 0. The highest BCUT2D eigenvalue weighted by molar-refractivity contribution is 5.30. The average molecular weight is 325 g/mol. The summed E-state index contributed by atoms with van der Waals surface area (Å²) in [5, 5.41) is 4.61. The summed E-state index contributed by atoms with van der Waals surface area (Å²) in [4.78, 5) is 2.29. The van der Waals surface area contributed by atoms with Gasteiger partial charge in [-0.1, -0.05) is 24.6 Å². The molecule has 1 heterocycles. The van der Waals surface area contributed by atoms with Crippen LogP contribution in [0.5, 0.6) is 0 Å². The second-order valence-electron chi connectivity index (χ2n) is 7.20. The number of nitrogens with zero attached hydrogens (tertiary/aromatic N) is 2. The minimum atomic E-state index is -4.26. The first-order valence-electron chi connectivity index (χ1n) is 8.31. The van der Waals surface area contributed by atoms with Crippen molar-refractivity contribution in [2.75, 3.05) is 27.2 Å². The Kier molecular flexibility index (Phi) is 4.45. The topological polar surface area (TPSA) is 17.3 Å². The Labute approximate surface area is 136 Å². The quantitative estimate of drug-likeness (QED) is 0.789. The van der Waals surface area contributed by atoms with Crippen LogP contribution < -0.4 is 0 Å². The van der Waals surface area contributed by atoms with Crippen LogP contribution in [0.2, 0.25) is 0 Å². The van der Waals surface area contributed by atoms with E-state index in [-0.39, 0.29) is 11.5 Å². The van der Waals surface area contributed by atoms with E-state index in [0.29, 0.717) is 5.92 Å². The molecular formula is C18H24F3N2-. The van der Waals surface area contributed by atoms with Gasteiger partial charge in [0.15, 0.2) is 0 Å². The molecule has 3 rings (SSSR count). The summed E-state index contributed by atoms with van der Waals surface area (Å²) in [6, 6.07) is 5.85. The van der Waals surface area contributed by atoms with Crippen molar-refractivity contribution in [1.29, 1.82) is 0 Å². The summed E-state index contributed by atoms with van der Waals surface area (Å²) in [6.07, 6.45) is -0.0668. The molecule has 1 aromatic rings. The van der Waals surface area contributed by atoms with Gasteiger partial charge in [-0.2, -0.15) is 13.2 Å². The highest BCUT2D eigenvalue weighted by atomic mass is 19.4. The zero-order valence-electron chi connectivity index (χ0n) is 13.7. The fourth-order valence-corrected chi connectivity index (χ4v) is 4.21. The summed E-state index contributed by atoms with van der Waals surface area (Å²) >= 11 is 0. The lowest BCUT2D eigenvalue weighted by Crippen LogP contribution is -2.58. The van der Waals surface area contributed by atoms with Crippen molar-refractivity contribution in [3.8, 4) is 0 Å². The van der Waals surface area contributed by atoms with Gasteiger partial charge >= 0.3 is 6.18 Å². The van der Waals surface area contributed by atoms with Gasteiger partial charge in [-0.05, 0) is 56.8 Å². The molecule has 1 saturated heterocycles. The molecule has 0 unspecified atom stereocenters. The molecule has 23 heavy (non-hydrogen) atoms. The molecule has 2 aliphatic rings. The van der Waals surface area contributed by atoms with E-state index in [4.69, 9.17) is 0 Å². The molecule has 1 aromatic carbocycles. The summed E-state index contributed by atoms with van der Waals surface area (Å²) in [5.41, 5.74) is 0.405. The monoisotopic (exact) mass is 325 g/mol. The second kappa shape index (κ2) is 6.10. The minimum Gasteiger partial charge on any atom is -0.661 e. The smallest absolute Gasteiger partial charge is 0.416 e. The van der Waals surface area contributed by atoms with Crippen LogP contribution in [0.1, 0.15) is 42.7 Å². The van der Waals surface area contributed by atoms with Crippen molar-refractivity contribution >= 4 is 0 Å². The van der Waals surface area contributed by atoms with Crippen LogP contribution in [-0.2, 0) is 6.18 Å². The summed E-state index contributed by atoms with van der Waals surface area (Å²) in [6.45, 7) is 1.80. The maximum absolute atomic E-state index is 12.9. The van der Waals surface area contributed by atoms with Gasteiger partial charge in [-0.25, -0.2) is 0 Å². The summed E-state index contributed by atoms with van der Waals surface area (Å²) in [5.74, 6) is 0.780. The molecule has 5 heteroatoms. The van der Waals surface area contributed by atoms with Gasteiger partial charge in [0, 0.05) is 5.54 Å². The Hall–Kier alpha value is -1.07. The minimum absolute atomic E-state index is 0.108. The molecule has 0 radical (unpaired) electrons. The molecule has 0 N–H and O–H groups in total. The highest BCUT2D eigenvalue weighted by Crippen LogP contribution is 2.51. The Morgan fingerprint density at radius 3 is 2.52 bits per heavy atom. The van der Waals surface area contributed by atoms with E-state index in [2.05, 4.69) is 24.3 Å². The Morgan fingerprint density at radius 2 is 1.96 bits per heavy atom. The highest BCUT2D eigenvalue weighted by Gasteiger charge is 2.45. The third-order valence-electron chi connectivity index (χ3n) is 5.79. The Bertz CT molecular complexity index is 541. The fourth-order valence-electron chi connectivity index (χ4n) is 4.21. The van der Waals surface area contributed by atoms with Gasteiger partial charge in [0.2, 0.25) is 0 Å². The van der Waals surface area contributed by atoms with Crippen molar-refractivity contribution in [1.82, 2.24) is 4.90 Å². The number of piperidine rings is 1. The number of rotatable bonds is 3. The van der Waals surface area contributed by atoms with E-state index < -0.39 is 11.7 Å². The van der Waals surface area contributed by atoms with Gasteiger partial charge in [-0.15, -0.1) is 13.1 Å². The molecule has 2 nitrogen and oxygen atoms in total. The SMILES string of the molecule is CN(C)[C@]1(C2CC(c3cccc(C(F)(F)F)c3)C2)CCC[N-]C1. The molecule has 1 atom stereocenters. The zero-order chi connectivity index (χ0) is 16.7. The summed E-state index contributed by atoms with van der Waals surface area (Å²) in [7, 11) is 4.22. The van der Waals surface area contributed by atoms with Crippen LogP contribution in [0.3, 0.4) is 0 Å². The molecule has 0 amide bonds. The van der Waals surface area contributed by atoms with E-state index in [9.17, 15) is 13.2 Å². The van der Waals surface area contributed by atoms with Crippen LogP contribution in [0.15, 0.2) is 24.3 Å². The van der Waals surface area contributed by atoms with Gasteiger partial charge in [0.1, 0.15) is 0 Å². The molecule has 1 aliphatic carbocycles. The van der Waals surface area contributed by atoms with Crippen LogP contribution in [-0.4, -0.2) is 37.6 Å². The van der Waals surface area contributed by atoms with E-state index >= 15 is 0 Å². The fraction of sp³-hybridized carbons (Fsp3) is 0.667. The summed E-state index contributed by atoms with van der Waals surface area (Å²) < 4.78 is 38.6. The van der Waals surface area contributed by atoms with E-state index in [1.165, 1.54) is 12.1 Å². The predicted octanol–water partition coefficient (Wildman–Crippen LogP) is 4.67. The maximum Gasteiger partial charge on any atom is 0.416 e. The lowest BCUT2D eigenvalue weighted by molar-refractivity contribution is -0.137. The van der Waals surface area contributed by atoms with Crippen LogP contribution >= 0.6 is 0 Å². The van der Waals surface area contributed by atoms with E-state index in [1.54, 1.807) is 0 Å². The average Bonchev–Trinajstić information content (AvgIpc) is 2.46. The van der Waals surface area contributed by atoms with E-state index in [0.717, 1.165) is 50.4 Å². The predicted molar refractivity (Wildman–Crippen MR) is 85.7 cm³/mol. The van der Waals surface area contributed by atoms with E-state index in [1.807, 2.05) is 6.07 Å². The molecule has 2 fully saturated rings. The standard InChI is InChI=1S/C18H24F3N2/c1-23(2)17(7-4-8-22-12-17)16-10-14(11-16)13-5-3-6-15(9-13)18(19,20)21/h3,5-6,9,14,16H,4,7-8,10-12H2,1-2H3/q-1/t14?,16?,17-/m1/s1. The molecular weight excluding hydrogens is 301 g/mol. The largest absolute Gasteiger partial charge is 0.661 e. The lowest BCUT2D eigenvalue weighted by Gasteiger charge is -2.58. The number of halogens is 3. The van der Waals surface area contributed by atoms with Crippen LogP contribution in [0, 0.1) is 5.92 Å². The third-order valence-corrected chi connectivity index (χ3v) is 5.79. The van der Waals surface area contributed by atoms with Crippen LogP contribution in [0.4, 0.5) is 13.2 Å². The Balaban J connectivity index is 1.71. The normalized spacial score (nSPS) is 31.9. The van der Waals surface area contributed by atoms with Gasteiger partial charge in [0.25, 0.3) is 0 Å². The molecule has 1 saturated carbocycles. The molecule has 0 bridgehead atoms. The third kappa shape index (κ3) is 3.13. The number of benzene rings is 1. The molecule has 0 spiro atoms. The number of likely N-dealkylation sites (N-methyl/N-ethyl adjacent to an activating group) is 1. The second-order valence-corrected chi connectivity index (χ2v) is 7.20. The lowest BCUT2D eigenvalue weighted by atomic mass is 9.60. The number of alkyl halides is 3. The van der Waals surface area contributed by atoms with Crippen molar-refractivity contribution < 1.29 is 13.2 Å². The van der Waals surface area contributed by atoms with Crippen molar-refractivity contribution in [3.05, 3.63) is 40.7 Å². The Morgan fingerprint density at radius 1 is 1.22 bits per heavy atom. The molecule has 0 aromatic heterocycles.